The zero-order valence-electron chi connectivity index (χ0n) is 19.1. The van der Waals surface area contributed by atoms with Crippen LogP contribution < -0.4 is 14.8 Å². The van der Waals surface area contributed by atoms with Crippen molar-refractivity contribution < 1.29 is 33.5 Å². The number of Topliss-reactive ketones (excluding diaryl/α,β-unsaturated/α-hetero) is 1. The molecule has 0 heterocycles. The van der Waals surface area contributed by atoms with Gasteiger partial charge in [0.1, 0.15) is 5.56 Å². The Morgan fingerprint density at radius 3 is 2.21 bits per heavy atom. The van der Waals surface area contributed by atoms with Crippen molar-refractivity contribution in [1.29, 1.82) is 0 Å². The molecule has 1 N–H and O–H groups in total. The predicted molar refractivity (Wildman–Crippen MR) is 120 cm³/mol. The maximum Gasteiger partial charge on any atom is 0.345 e. The Balaban J connectivity index is 2.12. The number of amides is 1. The number of nitrogens with one attached hydrogen (secondary N) is 1. The number of esters is 1. The smallest absolute Gasteiger partial charge is 0.345 e. The number of methoxy groups -OCH3 is 1. The van der Waals surface area contributed by atoms with E-state index in [4.69, 9.17) is 14.2 Å². The van der Waals surface area contributed by atoms with Crippen molar-refractivity contribution in [3.63, 3.8) is 0 Å². The number of hydrogen-bond donors (Lipinski definition) is 1. The molecule has 0 aliphatic rings. The molecular weight excluding hydrogens is 432 g/mol. The standard InChI is InChI=1S/C23H26N2O8/c1-6-32-20-11-16(17(25(29)30)12-19(20)31-5)21(27)33-13-18(26)14-7-9-15(10-8-14)24-22(28)23(2,3)4/h7-12H,6,13H2,1-5H3,(H,24,28). The molecule has 33 heavy (non-hydrogen) atoms. The summed E-state index contributed by atoms with van der Waals surface area (Å²) >= 11 is 0. The minimum atomic E-state index is -1.05. The molecule has 2 rings (SSSR count). The number of carbonyl (C=O) groups is 3. The van der Waals surface area contributed by atoms with E-state index in [1.54, 1.807) is 39.8 Å². The van der Waals surface area contributed by atoms with Crippen LogP contribution in [0, 0.1) is 15.5 Å². The van der Waals surface area contributed by atoms with Crippen LogP contribution in [0.3, 0.4) is 0 Å². The summed E-state index contributed by atoms with van der Waals surface area (Å²) in [5, 5.41) is 14.1. The Morgan fingerprint density at radius 2 is 1.70 bits per heavy atom. The Bertz CT molecular complexity index is 1060. The van der Waals surface area contributed by atoms with Gasteiger partial charge in [-0.1, -0.05) is 20.8 Å². The summed E-state index contributed by atoms with van der Waals surface area (Å²) in [4.78, 5) is 47.6. The van der Waals surface area contributed by atoms with Crippen molar-refractivity contribution in [1.82, 2.24) is 0 Å². The summed E-state index contributed by atoms with van der Waals surface area (Å²) in [6.07, 6.45) is 0. The zero-order valence-corrected chi connectivity index (χ0v) is 19.1. The van der Waals surface area contributed by atoms with Gasteiger partial charge in [0.25, 0.3) is 5.69 Å². The van der Waals surface area contributed by atoms with Crippen molar-refractivity contribution in [2.24, 2.45) is 5.41 Å². The number of nitro benzene ring substituents is 1. The quantitative estimate of drug-likeness (QED) is 0.258. The van der Waals surface area contributed by atoms with E-state index in [0.717, 1.165) is 12.1 Å². The maximum atomic E-state index is 12.5. The monoisotopic (exact) mass is 458 g/mol. The molecule has 10 heteroatoms. The second kappa shape index (κ2) is 10.6. The van der Waals surface area contributed by atoms with E-state index in [-0.39, 0.29) is 35.1 Å². The second-order valence-electron chi connectivity index (χ2n) is 7.99. The van der Waals surface area contributed by atoms with Gasteiger partial charge in [0.2, 0.25) is 5.91 Å². The summed E-state index contributed by atoms with van der Waals surface area (Å²) in [6, 6.07) is 8.30. The van der Waals surface area contributed by atoms with Crippen LogP contribution in [0.5, 0.6) is 11.5 Å². The topological polar surface area (TPSA) is 134 Å². The summed E-state index contributed by atoms with van der Waals surface area (Å²) < 4.78 is 15.4. The Morgan fingerprint density at radius 1 is 1.06 bits per heavy atom. The molecule has 10 nitrogen and oxygen atoms in total. The molecule has 0 aliphatic heterocycles. The molecule has 2 aromatic carbocycles. The number of ether oxygens (including phenoxy) is 3. The zero-order chi connectivity index (χ0) is 24.8. The molecule has 0 aliphatic carbocycles. The fourth-order valence-electron chi connectivity index (χ4n) is 2.64. The van der Waals surface area contributed by atoms with Crippen molar-refractivity contribution >= 4 is 29.0 Å². The molecule has 0 bridgehead atoms. The number of rotatable bonds is 9. The lowest BCUT2D eigenvalue weighted by molar-refractivity contribution is -0.385. The lowest BCUT2D eigenvalue weighted by Gasteiger charge is -2.17. The molecule has 0 radical (unpaired) electrons. The van der Waals surface area contributed by atoms with Gasteiger partial charge in [0.15, 0.2) is 23.9 Å². The molecule has 0 aromatic heterocycles. The van der Waals surface area contributed by atoms with Gasteiger partial charge < -0.3 is 19.5 Å². The van der Waals surface area contributed by atoms with E-state index in [1.165, 1.54) is 19.2 Å². The molecule has 1 amide bonds. The second-order valence-corrected chi connectivity index (χ2v) is 7.99. The van der Waals surface area contributed by atoms with Gasteiger partial charge in [-0.3, -0.25) is 19.7 Å². The van der Waals surface area contributed by atoms with Crippen LogP contribution in [-0.2, 0) is 9.53 Å². The molecule has 0 saturated heterocycles. The average molecular weight is 458 g/mol. The van der Waals surface area contributed by atoms with E-state index < -0.39 is 34.4 Å². The number of benzene rings is 2. The molecular formula is C23H26N2O8. The van der Waals surface area contributed by atoms with Crippen LogP contribution in [0.15, 0.2) is 36.4 Å². The SMILES string of the molecule is CCOc1cc(C(=O)OCC(=O)c2ccc(NC(=O)C(C)(C)C)cc2)c([N+](=O)[O-])cc1OC. The van der Waals surface area contributed by atoms with Crippen molar-refractivity contribution in [3.05, 3.63) is 57.6 Å². The summed E-state index contributed by atoms with van der Waals surface area (Å²) in [5.41, 5.74) is -0.713. The number of ketones is 1. The summed E-state index contributed by atoms with van der Waals surface area (Å²) in [5.74, 6) is -1.51. The summed E-state index contributed by atoms with van der Waals surface area (Å²) in [7, 11) is 1.32. The van der Waals surface area contributed by atoms with Crippen LogP contribution in [-0.4, -0.2) is 42.9 Å². The predicted octanol–water partition coefficient (Wildman–Crippen LogP) is 4.03. The van der Waals surface area contributed by atoms with Gasteiger partial charge >= 0.3 is 5.97 Å². The first kappa shape index (κ1) is 25.3. The van der Waals surface area contributed by atoms with Gasteiger partial charge in [0.05, 0.1) is 24.7 Å². The third kappa shape index (κ3) is 6.52. The number of nitrogens with zero attached hydrogens (tertiary/aromatic N) is 1. The first-order chi connectivity index (χ1) is 15.5. The number of nitro groups is 1. The van der Waals surface area contributed by atoms with Gasteiger partial charge in [-0.2, -0.15) is 0 Å². The molecule has 0 saturated carbocycles. The Hall–Kier alpha value is -3.95. The van der Waals surface area contributed by atoms with E-state index in [9.17, 15) is 24.5 Å². The first-order valence-corrected chi connectivity index (χ1v) is 10.1. The lowest BCUT2D eigenvalue weighted by Crippen LogP contribution is -2.27. The van der Waals surface area contributed by atoms with E-state index >= 15 is 0 Å². The van der Waals surface area contributed by atoms with Gasteiger partial charge in [-0.25, -0.2) is 4.79 Å². The minimum absolute atomic E-state index is 0.0924. The fraction of sp³-hybridized carbons (Fsp3) is 0.348. The maximum absolute atomic E-state index is 12.5. The molecule has 176 valence electrons. The number of anilines is 1. The first-order valence-electron chi connectivity index (χ1n) is 10.1. The Kier molecular flexibility index (Phi) is 8.11. The largest absolute Gasteiger partial charge is 0.493 e. The molecule has 0 fully saturated rings. The fourth-order valence-corrected chi connectivity index (χ4v) is 2.64. The average Bonchev–Trinajstić information content (AvgIpc) is 2.76. The third-order valence-corrected chi connectivity index (χ3v) is 4.48. The van der Waals surface area contributed by atoms with Crippen molar-refractivity contribution in [2.45, 2.75) is 27.7 Å². The van der Waals surface area contributed by atoms with Crippen LogP contribution in [0.2, 0.25) is 0 Å². The van der Waals surface area contributed by atoms with Crippen LogP contribution in [0.25, 0.3) is 0 Å². The van der Waals surface area contributed by atoms with E-state index in [0.29, 0.717) is 5.69 Å². The van der Waals surface area contributed by atoms with E-state index in [1.807, 2.05) is 0 Å². The van der Waals surface area contributed by atoms with E-state index in [2.05, 4.69) is 5.32 Å². The molecule has 0 spiro atoms. The molecule has 0 unspecified atom stereocenters. The highest BCUT2D eigenvalue weighted by molar-refractivity contribution is 6.01. The number of carbonyl (C=O) groups excluding carboxylic acids is 3. The minimum Gasteiger partial charge on any atom is -0.493 e. The van der Waals surface area contributed by atoms with Crippen LogP contribution in [0.4, 0.5) is 11.4 Å². The molecule has 2 aromatic rings. The molecule has 0 atom stereocenters. The lowest BCUT2D eigenvalue weighted by atomic mass is 9.95. The van der Waals surface area contributed by atoms with Gasteiger partial charge in [0, 0.05) is 22.7 Å². The highest BCUT2D eigenvalue weighted by Gasteiger charge is 2.26. The van der Waals surface area contributed by atoms with Crippen LogP contribution in [0.1, 0.15) is 48.4 Å². The van der Waals surface area contributed by atoms with Gasteiger partial charge in [-0.15, -0.1) is 0 Å². The number of hydrogen-bond acceptors (Lipinski definition) is 8. The Labute approximate surface area is 191 Å². The third-order valence-electron chi connectivity index (χ3n) is 4.48. The van der Waals surface area contributed by atoms with Crippen molar-refractivity contribution in [3.8, 4) is 11.5 Å². The van der Waals surface area contributed by atoms with Crippen molar-refractivity contribution in [2.75, 3.05) is 25.6 Å². The summed E-state index contributed by atoms with van der Waals surface area (Å²) in [6.45, 7) is 6.65. The highest BCUT2D eigenvalue weighted by atomic mass is 16.6. The highest BCUT2D eigenvalue weighted by Crippen LogP contribution is 2.35. The van der Waals surface area contributed by atoms with Gasteiger partial charge in [-0.05, 0) is 31.2 Å². The normalized spacial score (nSPS) is 10.8. The van der Waals surface area contributed by atoms with Crippen LogP contribution >= 0.6 is 0 Å².